The minimum Gasteiger partial charge on any atom is -0.454 e. The van der Waals surface area contributed by atoms with Gasteiger partial charge in [-0.3, -0.25) is 4.79 Å². The molecule has 1 aromatic carbocycles. The van der Waals surface area contributed by atoms with Crippen LogP contribution < -0.4 is 0 Å². The van der Waals surface area contributed by atoms with Crippen LogP contribution in [0.25, 0.3) is 5.69 Å². The number of hydrogen-bond acceptors (Lipinski definition) is 5. The Bertz CT molecular complexity index is 1270. The minimum absolute atomic E-state index is 0.213. The van der Waals surface area contributed by atoms with Crippen molar-refractivity contribution in [3.05, 3.63) is 92.7 Å². The number of carbonyl (C=O) groups is 2. The summed E-state index contributed by atoms with van der Waals surface area (Å²) in [6.07, 6.45) is 0. The molecular weight excluding hydrogens is 422 g/mol. The number of aryl methyl sites for hydroxylation is 2. The molecule has 3 aromatic heterocycles. The first-order valence-electron chi connectivity index (χ1n) is 10.4. The normalized spacial score (nSPS) is 11.0. The van der Waals surface area contributed by atoms with Gasteiger partial charge in [0.05, 0.1) is 23.6 Å². The highest BCUT2D eigenvalue weighted by atomic mass is 32.1. The van der Waals surface area contributed by atoms with Gasteiger partial charge in [-0.05, 0) is 57.3 Å². The Hall–Kier alpha value is -3.45. The van der Waals surface area contributed by atoms with E-state index in [0.29, 0.717) is 22.5 Å². The number of para-hydroxylation sites is 1. The second-order valence-electron chi connectivity index (χ2n) is 7.74. The van der Waals surface area contributed by atoms with E-state index in [-0.39, 0.29) is 12.4 Å². The minimum atomic E-state index is -0.539. The largest absolute Gasteiger partial charge is 0.454 e. The molecule has 3 heterocycles. The van der Waals surface area contributed by atoms with E-state index in [1.807, 2.05) is 68.6 Å². The first-order valence-corrected chi connectivity index (χ1v) is 11.3. The average Bonchev–Trinajstić information content (AvgIpc) is 3.47. The molecule has 0 aliphatic carbocycles. The zero-order valence-corrected chi connectivity index (χ0v) is 19.4. The molecule has 4 rings (SSSR count). The van der Waals surface area contributed by atoms with Gasteiger partial charge in [0.1, 0.15) is 5.56 Å². The fourth-order valence-corrected chi connectivity index (χ4v) is 4.62. The van der Waals surface area contributed by atoms with E-state index in [0.717, 1.165) is 23.6 Å². The zero-order valence-electron chi connectivity index (χ0n) is 18.6. The maximum absolute atomic E-state index is 12.9. The van der Waals surface area contributed by atoms with E-state index in [1.54, 1.807) is 22.9 Å². The predicted octanol–water partition coefficient (Wildman–Crippen LogP) is 5.06. The number of aromatic nitrogens is 3. The molecule has 164 valence electrons. The standard InChI is InChI=1S/C25H25N3O3S/c1-16-13-22(18(3)27(16)14-21-11-8-12-32-21)23(29)15-31-25(30)24-17(2)26-28(19(24)4)20-9-6-5-7-10-20/h5-13H,14-15H2,1-4H3. The molecule has 0 amide bonds. The lowest BCUT2D eigenvalue weighted by atomic mass is 10.1. The summed E-state index contributed by atoms with van der Waals surface area (Å²) in [7, 11) is 0. The van der Waals surface area contributed by atoms with Crippen LogP contribution in [0.5, 0.6) is 0 Å². The molecule has 4 aromatic rings. The smallest absolute Gasteiger partial charge is 0.342 e. The number of thiophene rings is 1. The van der Waals surface area contributed by atoms with Crippen LogP contribution in [0.3, 0.4) is 0 Å². The molecule has 32 heavy (non-hydrogen) atoms. The van der Waals surface area contributed by atoms with E-state index in [9.17, 15) is 9.59 Å². The van der Waals surface area contributed by atoms with Gasteiger partial charge in [-0.15, -0.1) is 11.3 Å². The van der Waals surface area contributed by atoms with Crippen molar-refractivity contribution in [1.82, 2.24) is 14.3 Å². The molecule has 0 atom stereocenters. The molecule has 0 fully saturated rings. The van der Waals surface area contributed by atoms with Gasteiger partial charge in [-0.1, -0.05) is 24.3 Å². The number of esters is 1. The SMILES string of the molecule is Cc1nn(-c2ccccc2)c(C)c1C(=O)OCC(=O)c1cc(C)n(Cc2cccs2)c1C. The van der Waals surface area contributed by atoms with Gasteiger partial charge in [0.2, 0.25) is 5.78 Å². The Kier molecular flexibility index (Phi) is 6.10. The van der Waals surface area contributed by atoms with Gasteiger partial charge in [-0.2, -0.15) is 5.10 Å². The van der Waals surface area contributed by atoms with Crippen LogP contribution in [0.2, 0.25) is 0 Å². The lowest BCUT2D eigenvalue weighted by Crippen LogP contribution is -2.16. The molecule has 0 unspecified atom stereocenters. The maximum atomic E-state index is 12.9. The van der Waals surface area contributed by atoms with E-state index in [2.05, 4.69) is 15.7 Å². The van der Waals surface area contributed by atoms with E-state index >= 15 is 0 Å². The summed E-state index contributed by atoms with van der Waals surface area (Å²) in [6, 6.07) is 15.6. The topological polar surface area (TPSA) is 66.1 Å². The molecule has 0 radical (unpaired) electrons. The van der Waals surface area contributed by atoms with Crippen LogP contribution in [-0.4, -0.2) is 32.7 Å². The average molecular weight is 448 g/mol. The van der Waals surface area contributed by atoms with Crippen LogP contribution in [0.1, 0.15) is 48.4 Å². The van der Waals surface area contributed by atoms with Gasteiger partial charge in [-0.25, -0.2) is 9.48 Å². The number of carbonyl (C=O) groups excluding carboxylic acids is 2. The Labute approximate surface area is 191 Å². The number of ketones is 1. The highest BCUT2D eigenvalue weighted by Crippen LogP contribution is 2.21. The number of ether oxygens (including phenoxy) is 1. The summed E-state index contributed by atoms with van der Waals surface area (Å²) < 4.78 is 9.24. The van der Waals surface area contributed by atoms with Crippen molar-refractivity contribution in [2.24, 2.45) is 0 Å². The number of Topliss-reactive ketones (excluding diaryl/α,β-unsaturated/α-hetero) is 1. The van der Waals surface area contributed by atoms with E-state index < -0.39 is 5.97 Å². The van der Waals surface area contributed by atoms with Crippen molar-refractivity contribution in [3.8, 4) is 5.69 Å². The van der Waals surface area contributed by atoms with Crippen molar-refractivity contribution in [2.75, 3.05) is 6.61 Å². The van der Waals surface area contributed by atoms with Crippen LogP contribution in [0, 0.1) is 27.7 Å². The first-order chi connectivity index (χ1) is 15.4. The first kappa shape index (κ1) is 21.8. The lowest BCUT2D eigenvalue weighted by Gasteiger charge is -2.09. The van der Waals surface area contributed by atoms with Gasteiger partial charge < -0.3 is 9.30 Å². The molecule has 0 aliphatic rings. The number of benzene rings is 1. The summed E-state index contributed by atoms with van der Waals surface area (Å²) in [4.78, 5) is 26.9. The molecular formula is C25H25N3O3S. The van der Waals surface area contributed by atoms with Crippen molar-refractivity contribution in [1.29, 1.82) is 0 Å². The van der Waals surface area contributed by atoms with Crippen molar-refractivity contribution in [2.45, 2.75) is 34.2 Å². The Morgan fingerprint density at radius 2 is 1.75 bits per heavy atom. The molecule has 0 spiro atoms. The van der Waals surface area contributed by atoms with Gasteiger partial charge in [0.25, 0.3) is 0 Å². The van der Waals surface area contributed by atoms with E-state index in [4.69, 9.17) is 4.74 Å². The Morgan fingerprint density at radius 1 is 1.00 bits per heavy atom. The summed E-state index contributed by atoms with van der Waals surface area (Å²) in [5, 5.41) is 6.52. The highest BCUT2D eigenvalue weighted by Gasteiger charge is 2.23. The summed E-state index contributed by atoms with van der Waals surface area (Å²) in [6.45, 7) is 7.91. The van der Waals surface area contributed by atoms with E-state index in [1.165, 1.54) is 4.88 Å². The van der Waals surface area contributed by atoms with Crippen molar-refractivity contribution in [3.63, 3.8) is 0 Å². The summed E-state index contributed by atoms with van der Waals surface area (Å²) in [5.41, 5.74) is 4.97. The van der Waals surface area contributed by atoms with Crippen LogP contribution in [0.4, 0.5) is 0 Å². The van der Waals surface area contributed by atoms with Crippen molar-refractivity contribution >= 4 is 23.1 Å². The number of rotatable bonds is 7. The third-order valence-electron chi connectivity index (χ3n) is 5.60. The predicted molar refractivity (Wildman–Crippen MR) is 125 cm³/mol. The number of hydrogen-bond donors (Lipinski definition) is 0. The molecule has 7 heteroatoms. The molecule has 0 N–H and O–H groups in total. The van der Waals surface area contributed by atoms with Crippen LogP contribution in [0.15, 0.2) is 53.9 Å². The molecule has 0 saturated heterocycles. The second kappa shape index (κ2) is 8.96. The fraction of sp³-hybridized carbons (Fsp3) is 0.240. The van der Waals surface area contributed by atoms with Gasteiger partial charge >= 0.3 is 5.97 Å². The number of nitrogens with zero attached hydrogens (tertiary/aromatic N) is 3. The van der Waals surface area contributed by atoms with Crippen LogP contribution >= 0.6 is 11.3 Å². The summed E-state index contributed by atoms with van der Waals surface area (Å²) >= 11 is 1.68. The molecule has 0 saturated carbocycles. The highest BCUT2D eigenvalue weighted by molar-refractivity contribution is 7.09. The lowest BCUT2D eigenvalue weighted by molar-refractivity contribution is 0.0473. The molecule has 0 aliphatic heterocycles. The molecule has 0 bridgehead atoms. The monoisotopic (exact) mass is 447 g/mol. The van der Waals surface area contributed by atoms with Gasteiger partial charge in [0, 0.05) is 21.8 Å². The third-order valence-corrected chi connectivity index (χ3v) is 6.46. The maximum Gasteiger partial charge on any atom is 0.342 e. The van der Waals surface area contributed by atoms with Gasteiger partial charge in [0.15, 0.2) is 6.61 Å². The molecule has 6 nitrogen and oxygen atoms in total. The summed E-state index contributed by atoms with van der Waals surface area (Å²) in [5.74, 6) is -0.752. The third kappa shape index (κ3) is 4.16. The second-order valence-corrected chi connectivity index (χ2v) is 8.78. The zero-order chi connectivity index (χ0) is 22.8. The Balaban J connectivity index is 1.48. The van der Waals surface area contributed by atoms with Crippen molar-refractivity contribution < 1.29 is 14.3 Å². The Morgan fingerprint density at radius 3 is 2.44 bits per heavy atom. The quantitative estimate of drug-likeness (QED) is 0.293. The van der Waals surface area contributed by atoms with Crippen LogP contribution in [-0.2, 0) is 11.3 Å². The fourth-order valence-electron chi connectivity index (χ4n) is 3.92.